The van der Waals surface area contributed by atoms with E-state index < -0.39 is 0 Å². The highest BCUT2D eigenvalue weighted by Gasteiger charge is 2.40. The standard InChI is InChI=1S/C15H22N2O.ClH/c1-11(12-6-4-3-5-7-12)17-13(14(16)18)10-15(2)8-9-15;/h3-7,11,13,17H,8-10H2,1-2H3,(H2,16,18);1H/t11-,13-;/m1./s1. The molecule has 0 spiro atoms. The normalized spacial score (nSPS) is 19.1. The van der Waals surface area contributed by atoms with E-state index >= 15 is 0 Å². The van der Waals surface area contributed by atoms with Crippen LogP contribution in [-0.4, -0.2) is 11.9 Å². The molecule has 1 aliphatic carbocycles. The molecular weight excluding hydrogens is 260 g/mol. The Balaban J connectivity index is 0.00000180. The predicted octanol–water partition coefficient (Wildman–Crippen LogP) is 2.80. The summed E-state index contributed by atoms with van der Waals surface area (Å²) in [6, 6.07) is 10.1. The van der Waals surface area contributed by atoms with E-state index in [1.165, 1.54) is 18.4 Å². The largest absolute Gasteiger partial charge is 0.368 e. The Hall–Kier alpha value is -1.06. The minimum absolute atomic E-state index is 0. The fraction of sp³-hybridized carbons (Fsp3) is 0.533. The third-order valence-corrected chi connectivity index (χ3v) is 3.89. The third-order valence-electron chi connectivity index (χ3n) is 3.89. The first-order chi connectivity index (χ1) is 8.50. The van der Waals surface area contributed by atoms with E-state index in [2.05, 4.69) is 31.3 Å². The highest BCUT2D eigenvalue weighted by Crippen LogP contribution is 2.48. The molecule has 0 bridgehead atoms. The van der Waals surface area contributed by atoms with E-state index in [0.717, 1.165) is 6.42 Å². The third kappa shape index (κ3) is 4.51. The van der Waals surface area contributed by atoms with Crippen molar-refractivity contribution in [1.82, 2.24) is 5.32 Å². The van der Waals surface area contributed by atoms with Crippen molar-refractivity contribution in [3.63, 3.8) is 0 Å². The maximum Gasteiger partial charge on any atom is 0.234 e. The average Bonchev–Trinajstić information content (AvgIpc) is 3.07. The van der Waals surface area contributed by atoms with Gasteiger partial charge in [-0.05, 0) is 37.2 Å². The Morgan fingerprint density at radius 2 is 1.95 bits per heavy atom. The van der Waals surface area contributed by atoms with Gasteiger partial charge in [0.1, 0.15) is 0 Å². The van der Waals surface area contributed by atoms with Crippen LogP contribution in [0, 0.1) is 5.41 Å². The summed E-state index contributed by atoms with van der Waals surface area (Å²) in [5, 5.41) is 3.35. The first-order valence-electron chi connectivity index (χ1n) is 6.60. The second-order valence-electron chi connectivity index (χ2n) is 5.77. The number of amides is 1. The zero-order valence-electron chi connectivity index (χ0n) is 11.6. The van der Waals surface area contributed by atoms with Crippen molar-refractivity contribution in [3.8, 4) is 0 Å². The van der Waals surface area contributed by atoms with Crippen LogP contribution in [-0.2, 0) is 4.79 Å². The van der Waals surface area contributed by atoms with Crippen LogP contribution >= 0.6 is 12.4 Å². The Bertz CT molecular complexity index is 417. The summed E-state index contributed by atoms with van der Waals surface area (Å²) in [7, 11) is 0. The van der Waals surface area contributed by atoms with E-state index in [-0.39, 0.29) is 30.4 Å². The van der Waals surface area contributed by atoms with Crippen LogP contribution in [0.4, 0.5) is 0 Å². The van der Waals surface area contributed by atoms with Crippen molar-refractivity contribution in [3.05, 3.63) is 35.9 Å². The quantitative estimate of drug-likeness (QED) is 0.843. The van der Waals surface area contributed by atoms with Crippen LogP contribution in [0.5, 0.6) is 0 Å². The van der Waals surface area contributed by atoms with Gasteiger partial charge in [0, 0.05) is 6.04 Å². The number of halogens is 1. The van der Waals surface area contributed by atoms with Gasteiger partial charge in [0.2, 0.25) is 5.91 Å². The first-order valence-corrected chi connectivity index (χ1v) is 6.60. The van der Waals surface area contributed by atoms with E-state index in [1.54, 1.807) is 0 Å². The fourth-order valence-electron chi connectivity index (χ4n) is 2.29. The molecule has 1 fully saturated rings. The molecule has 1 aliphatic rings. The first kappa shape index (κ1) is 16.0. The molecule has 0 aliphatic heterocycles. The van der Waals surface area contributed by atoms with Gasteiger partial charge in [0.05, 0.1) is 6.04 Å². The highest BCUT2D eigenvalue weighted by molar-refractivity contribution is 5.85. The number of rotatable bonds is 6. The maximum atomic E-state index is 11.5. The van der Waals surface area contributed by atoms with Gasteiger partial charge >= 0.3 is 0 Å². The molecule has 0 aromatic heterocycles. The maximum absolute atomic E-state index is 11.5. The van der Waals surface area contributed by atoms with Crippen LogP contribution < -0.4 is 11.1 Å². The van der Waals surface area contributed by atoms with Gasteiger partial charge in [-0.2, -0.15) is 0 Å². The Morgan fingerprint density at radius 3 is 2.42 bits per heavy atom. The van der Waals surface area contributed by atoms with Gasteiger partial charge < -0.3 is 5.73 Å². The summed E-state index contributed by atoms with van der Waals surface area (Å²) in [5.41, 5.74) is 7.00. The van der Waals surface area contributed by atoms with Gasteiger partial charge in [0.15, 0.2) is 0 Å². The van der Waals surface area contributed by atoms with Crippen molar-refractivity contribution in [2.24, 2.45) is 11.1 Å². The lowest BCUT2D eigenvalue weighted by Gasteiger charge is -2.23. The lowest BCUT2D eigenvalue weighted by atomic mass is 9.97. The smallest absolute Gasteiger partial charge is 0.234 e. The molecule has 0 saturated heterocycles. The minimum atomic E-state index is -0.245. The van der Waals surface area contributed by atoms with Crippen LogP contribution in [0.1, 0.15) is 44.7 Å². The number of carbonyl (C=O) groups excluding carboxylic acids is 1. The fourth-order valence-corrected chi connectivity index (χ4v) is 2.29. The van der Waals surface area contributed by atoms with Crippen molar-refractivity contribution in [1.29, 1.82) is 0 Å². The van der Waals surface area contributed by atoms with E-state index in [0.29, 0.717) is 5.41 Å². The van der Waals surface area contributed by atoms with Crippen molar-refractivity contribution in [2.45, 2.75) is 45.2 Å². The molecule has 106 valence electrons. The van der Waals surface area contributed by atoms with Crippen LogP contribution in [0.3, 0.4) is 0 Å². The minimum Gasteiger partial charge on any atom is -0.368 e. The van der Waals surface area contributed by atoms with Crippen LogP contribution in [0.2, 0.25) is 0 Å². The molecule has 4 heteroatoms. The number of hydrogen-bond acceptors (Lipinski definition) is 2. The Morgan fingerprint density at radius 1 is 1.37 bits per heavy atom. The zero-order valence-corrected chi connectivity index (χ0v) is 12.4. The molecule has 2 rings (SSSR count). The molecule has 1 aromatic rings. The summed E-state index contributed by atoms with van der Waals surface area (Å²) in [6.07, 6.45) is 3.26. The lowest BCUT2D eigenvalue weighted by molar-refractivity contribution is -0.120. The van der Waals surface area contributed by atoms with Crippen LogP contribution in [0.25, 0.3) is 0 Å². The second-order valence-corrected chi connectivity index (χ2v) is 5.77. The number of benzene rings is 1. The summed E-state index contributed by atoms with van der Waals surface area (Å²) >= 11 is 0. The zero-order chi connectivity index (χ0) is 13.2. The van der Waals surface area contributed by atoms with Gasteiger partial charge in [0.25, 0.3) is 0 Å². The van der Waals surface area contributed by atoms with E-state index in [4.69, 9.17) is 5.73 Å². The number of hydrogen-bond donors (Lipinski definition) is 2. The lowest BCUT2D eigenvalue weighted by Crippen LogP contribution is -2.43. The van der Waals surface area contributed by atoms with Crippen LogP contribution in [0.15, 0.2) is 30.3 Å². The second kappa shape index (κ2) is 6.40. The van der Waals surface area contributed by atoms with Crippen molar-refractivity contribution < 1.29 is 4.79 Å². The summed E-state index contributed by atoms with van der Waals surface area (Å²) in [4.78, 5) is 11.5. The monoisotopic (exact) mass is 282 g/mol. The molecule has 1 amide bonds. The molecule has 19 heavy (non-hydrogen) atoms. The SMILES string of the molecule is C[C@@H](N[C@H](CC1(C)CC1)C(N)=O)c1ccccc1.Cl. The number of nitrogens with one attached hydrogen (secondary N) is 1. The molecule has 3 N–H and O–H groups in total. The van der Waals surface area contributed by atoms with Crippen molar-refractivity contribution in [2.75, 3.05) is 0 Å². The number of primary amides is 1. The summed E-state index contributed by atoms with van der Waals surface area (Å²) in [5.74, 6) is -0.245. The molecule has 0 unspecified atom stereocenters. The van der Waals surface area contributed by atoms with Gasteiger partial charge in [-0.3, -0.25) is 10.1 Å². The van der Waals surface area contributed by atoms with Gasteiger partial charge in [-0.1, -0.05) is 37.3 Å². The molecule has 0 radical (unpaired) electrons. The van der Waals surface area contributed by atoms with E-state index in [1.807, 2.05) is 18.2 Å². The van der Waals surface area contributed by atoms with Gasteiger partial charge in [-0.15, -0.1) is 12.4 Å². The topological polar surface area (TPSA) is 55.1 Å². The molecule has 0 heterocycles. The Labute approximate surface area is 121 Å². The molecule has 1 saturated carbocycles. The average molecular weight is 283 g/mol. The molecule has 1 aromatic carbocycles. The van der Waals surface area contributed by atoms with Crippen molar-refractivity contribution >= 4 is 18.3 Å². The Kier molecular flexibility index (Phi) is 5.39. The summed E-state index contributed by atoms with van der Waals surface area (Å²) in [6.45, 7) is 4.29. The van der Waals surface area contributed by atoms with Gasteiger partial charge in [-0.25, -0.2) is 0 Å². The predicted molar refractivity (Wildman–Crippen MR) is 80.2 cm³/mol. The molecule has 2 atom stereocenters. The highest BCUT2D eigenvalue weighted by atomic mass is 35.5. The number of carbonyl (C=O) groups is 1. The number of nitrogens with two attached hydrogens (primary N) is 1. The molecular formula is C15H23ClN2O. The molecule has 3 nitrogen and oxygen atoms in total. The summed E-state index contributed by atoms with van der Waals surface area (Å²) < 4.78 is 0. The van der Waals surface area contributed by atoms with E-state index in [9.17, 15) is 4.79 Å².